The Balaban J connectivity index is 2.46. The third-order valence-electron chi connectivity index (χ3n) is 3.39. The summed E-state index contributed by atoms with van der Waals surface area (Å²) in [6.07, 6.45) is -2.76. The quantitative estimate of drug-likeness (QED) is 0.632. The highest BCUT2D eigenvalue weighted by Crippen LogP contribution is 2.40. The molecule has 0 radical (unpaired) electrons. The van der Waals surface area contributed by atoms with Crippen LogP contribution in [0.2, 0.25) is 0 Å². The van der Waals surface area contributed by atoms with Crippen molar-refractivity contribution in [1.82, 2.24) is 10.2 Å². The van der Waals surface area contributed by atoms with E-state index in [1.54, 1.807) is 0 Å². The van der Waals surface area contributed by atoms with Gasteiger partial charge in [0, 0.05) is 43.9 Å². The molecule has 1 fully saturated rings. The molecule has 1 atom stereocenters. The van der Waals surface area contributed by atoms with E-state index in [1.165, 1.54) is 4.90 Å². The molecule has 1 aromatic carbocycles. The molecule has 2 N–H and O–H groups in total. The van der Waals surface area contributed by atoms with Gasteiger partial charge in [-0.3, -0.25) is 15.0 Å². The number of nitro benzene ring substituents is 1. The summed E-state index contributed by atoms with van der Waals surface area (Å²) in [7, 11) is 0. The maximum atomic E-state index is 13.5. The van der Waals surface area contributed by atoms with Gasteiger partial charge < -0.3 is 10.4 Å². The second-order valence-electron chi connectivity index (χ2n) is 4.69. The van der Waals surface area contributed by atoms with Crippen LogP contribution in [0, 0.1) is 10.1 Å². The fourth-order valence-corrected chi connectivity index (χ4v) is 2.85. The Morgan fingerprint density at radius 3 is 2.52 bits per heavy atom. The van der Waals surface area contributed by atoms with Crippen LogP contribution in [0.1, 0.15) is 11.6 Å². The van der Waals surface area contributed by atoms with E-state index < -0.39 is 17.4 Å². The molecule has 0 spiro atoms. The van der Waals surface area contributed by atoms with Crippen LogP contribution in [0.15, 0.2) is 16.6 Å². The van der Waals surface area contributed by atoms with Gasteiger partial charge in [-0.2, -0.15) is 0 Å². The highest BCUT2D eigenvalue weighted by atomic mass is 79.9. The number of phenolic OH excluding ortho intramolecular Hbond substituents is 1. The van der Waals surface area contributed by atoms with E-state index >= 15 is 0 Å². The number of alkyl halides is 2. The van der Waals surface area contributed by atoms with E-state index in [-0.39, 0.29) is 21.5 Å². The molecule has 1 aliphatic heterocycles. The van der Waals surface area contributed by atoms with Crippen molar-refractivity contribution in [2.45, 2.75) is 12.5 Å². The average molecular weight is 366 g/mol. The summed E-state index contributed by atoms with van der Waals surface area (Å²) in [5.41, 5.74) is -0.469. The summed E-state index contributed by atoms with van der Waals surface area (Å²) in [6.45, 7) is 1.88. The van der Waals surface area contributed by atoms with Gasteiger partial charge in [0.25, 0.3) is 12.1 Å². The van der Waals surface area contributed by atoms with Gasteiger partial charge in [0.05, 0.1) is 9.40 Å². The summed E-state index contributed by atoms with van der Waals surface area (Å²) >= 11 is 2.98. The molecule has 6 nitrogen and oxygen atoms in total. The lowest BCUT2D eigenvalue weighted by Gasteiger charge is -2.34. The van der Waals surface area contributed by atoms with Crippen molar-refractivity contribution >= 4 is 21.6 Å². The minimum Gasteiger partial charge on any atom is -0.506 e. The molecule has 0 aliphatic carbocycles. The Morgan fingerprint density at radius 2 is 2.00 bits per heavy atom. The van der Waals surface area contributed by atoms with Gasteiger partial charge >= 0.3 is 0 Å². The zero-order valence-corrected chi connectivity index (χ0v) is 12.5. The second kappa shape index (κ2) is 6.63. The molecule has 1 heterocycles. The minimum atomic E-state index is -2.76. The van der Waals surface area contributed by atoms with Crippen molar-refractivity contribution in [2.75, 3.05) is 26.2 Å². The lowest BCUT2D eigenvalue weighted by atomic mass is 10.0. The van der Waals surface area contributed by atoms with Crippen LogP contribution in [-0.4, -0.2) is 47.5 Å². The largest absolute Gasteiger partial charge is 0.506 e. The summed E-state index contributed by atoms with van der Waals surface area (Å²) in [5.74, 6) is -0.385. The van der Waals surface area contributed by atoms with Gasteiger partial charge in [-0.1, -0.05) is 0 Å². The molecule has 0 unspecified atom stereocenters. The van der Waals surface area contributed by atoms with Crippen molar-refractivity contribution in [2.24, 2.45) is 0 Å². The SMILES string of the molecule is O=[N+]([O-])c1cc(Br)c(O)c([C@H](C(F)F)N2CCNCC2)c1. The van der Waals surface area contributed by atoms with E-state index in [2.05, 4.69) is 21.2 Å². The third-order valence-corrected chi connectivity index (χ3v) is 4.00. The van der Waals surface area contributed by atoms with Gasteiger partial charge in [-0.25, -0.2) is 8.78 Å². The molecule has 2 rings (SSSR count). The molecule has 9 heteroatoms. The zero-order valence-electron chi connectivity index (χ0n) is 10.9. The first-order valence-corrected chi connectivity index (χ1v) is 7.11. The van der Waals surface area contributed by atoms with E-state index in [1.807, 2.05) is 0 Å². The predicted octanol–water partition coefficient (Wildman–Crippen LogP) is 2.27. The normalized spacial score (nSPS) is 17.9. The van der Waals surface area contributed by atoms with E-state index in [0.717, 1.165) is 12.1 Å². The van der Waals surface area contributed by atoms with Crippen LogP contribution in [0.5, 0.6) is 5.75 Å². The third kappa shape index (κ3) is 3.47. The Morgan fingerprint density at radius 1 is 1.38 bits per heavy atom. The topological polar surface area (TPSA) is 78.6 Å². The van der Waals surface area contributed by atoms with Gasteiger partial charge in [0.1, 0.15) is 11.8 Å². The smallest absolute Gasteiger partial charge is 0.271 e. The number of nitrogens with one attached hydrogen (secondary N) is 1. The molecular formula is C12H14BrF2N3O3. The molecular weight excluding hydrogens is 352 g/mol. The number of non-ortho nitro benzene ring substituents is 1. The Bertz CT molecular complexity index is 539. The first kappa shape index (κ1) is 16.1. The summed E-state index contributed by atoms with van der Waals surface area (Å²) in [4.78, 5) is 11.7. The lowest BCUT2D eigenvalue weighted by Crippen LogP contribution is -2.46. The number of benzene rings is 1. The Labute approximate surface area is 128 Å². The molecule has 1 saturated heterocycles. The van der Waals surface area contributed by atoms with Crippen LogP contribution in [-0.2, 0) is 0 Å². The van der Waals surface area contributed by atoms with Gasteiger partial charge in [-0.05, 0) is 15.9 Å². The van der Waals surface area contributed by atoms with Gasteiger partial charge in [-0.15, -0.1) is 0 Å². The average Bonchev–Trinajstić information content (AvgIpc) is 2.44. The number of piperazine rings is 1. The zero-order chi connectivity index (χ0) is 15.6. The van der Waals surface area contributed by atoms with E-state index in [9.17, 15) is 24.0 Å². The van der Waals surface area contributed by atoms with E-state index in [0.29, 0.717) is 26.2 Å². The van der Waals surface area contributed by atoms with Crippen molar-refractivity contribution in [3.63, 3.8) is 0 Å². The monoisotopic (exact) mass is 365 g/mol. The first-order valence-electron chi connectivity index (χ1n) is 6.31. The molecule has 0 saturated carbocycles. The highest BCUT2D eigenvalue weighted by molar-refractivity contribution is 9.10. The highest BCUT2D eigenvalue weighted by Gasteiger charge is 2.34. The van der Waals surface area contributed by atoms with Crippen LogP contribution < -0.4 is 5.32 Å². The molecule has 0 aromatic heterocycles. The number of aromatic hydroxyl groups is 1. The predicted molar refractivity (Wildman–Crippen MR) is 75.6 cm³/mol. The standard InChI is InChI=1S/C12H14BrF2N3O3/c13-9-6-7(18(20)21)5-8(11(9)19)10(12(14)15)17-3-1-16-2-4-17/h5-6,10,12,16,19H,1-4H2/t10-/m1/s1. The van der Waals surface area contributed by atoms with Crippen LogP contribution in [0.3, 0.4) is 0 Å². The summed E-state index contributed by atoms with van der Waals surface area (Å²) in [5, 5.41) is 23.9. The molecule has 116 valence electrons. The van der Waals surface area contributed by atoms with Crippen molar-refractivity contribution in [3.8, 4) is 5.75 Å². The Kier molecular flexibility index (Phi) is 5.07. The lowest BCUT2D eigenvalue weighted by molar-refractivity contribution is -0.385. The second-order valence-corrected chi connectivity index (χ2v) is 5.54. The van der Waals surface area contributed by atoms with Crippen molar-refractivity contribution < 1.29 is 18.8 Å². The van der Waals surface area contributed by atoms with E-state index in [4.69, 9.17) is 0 Å². The molecule has 21 heavy (non-hydrogen) atoms. The number of halogens is 3. The van der Waals surface area contributed by atoms with Gasteiger partial charge in [0.2, 0.25) is 0 Å². The number of nitrogens with zero attached hydrogens (tertiary/aromatic N) is 2. The number of phenols is 1. The maximum Gasteiger partial charge on any atom is 0.271 e. The molecule has 0 bridgehead atoms. The Hall–Kier alpha value is -1.32. The summed E-state index contributed by atoms with van der Waals surface area (Å²) in [6, 6.07) is 0.737. The number of nitro groups is 1. The van der Waals surface area contributed by atoms with Crippen molar-refractivity contribution in [3.05, 3.63) is 32.3 Å². The van der Waals surface area contributed by atoms with Crippen LogP contribution >= 0.6 is 15.9 Å². The summed E-state index contributed by atoms with van der Waals surface area (Å²) < 4.78 is 26.9. The molecule has 1 aromatic rings. The number of rotatable bonds is 4. The van der Waals surface area contributed by atoms with Gasteiger partial charge in [0.15, 0.2) is 0 Å². The fraction of sp³-hybridized carbons (Fsp3) is 0.500. The molecule has 0 amide bonds. The van der Waals surface area contributed by atoms with Crippen molar-refractivity contribution in [1.29, 1.82) is 0 Å². The number of hydrogen-bond acceptors (Lipinski definition) is 5. The molecule has 1 aliphatic rings. The maximum absolute atomic E-state index is 13.5. The van der Waals surface area contributed by atoms with Crippen LogP contribution in [0.4, 0.5) is 14.5 Å². The fourth-order valence-electron chi connectivity index (χ4n) is 2.39. The number of hydrogen-bond donors (Lipinski definition) is 2. The first-order chi connectivity index (χ1) is 9.91. The van der Waals surface area contributed by atoms with Crippen LogP contribution in [0.25, 0.3) is 0 Å². The minimum absolute atomic E-state index is 0.0347.